The zero-order valence-electron chi connectivity index (χ0n) is 7.94. The Morgan fingerprint density at radius 3 is 3.13 bits per heavy atom. The molecule has 7 nitrogen and oxygen atoms in total. The second-order valence-electron chi connectivity index (χ2n) is 3.07. The van der Waals surface area contributed by atoms with Crippen LogP contribution in [0.1, 0.15) is 11.7 Å². The molecule has 1 aromatic heterocycles. The molecular formula is C7H12ClN7. The lowest BCUT2D eigenvalue weighted by Crippen LogP contribution is -2.36. The number of aliphatic imine (C=N–C) groups is 1. The highest BCUT2D eigenvalue weighted by molar-refractivity contribution is 6.17. The second-order valence-corrected chi connectivity index (χ2v) is 3.45. The van der Waals surface area contributed by atoms with Crippen LogP contribution in [0.5, 0.6) is 0 Å². The molecule has 1 unspecified atom stereocenters. The number of halogens is 1. The fraction of sp³-hybridized carbons (Fsp3) is 0.429. The molecule has 0 saturated heterocycles. The van der Waals surface area contributed by atoms with Crippen LogP contribution in [-0.4, -0.2) is 21.6 Å². The number of hydrogen-bond donors (Lipinski definition) is 4. The number of hydrazine groups is 1. The zero-order valence-corrected chi connectivity index (χ0v) is 8.70. The summed E-state index contributed by atoms with van der Waals surface area (Å²) in [5.74, 6) is 6.93. The predicted molar refractivity (Wildman–Crippen MR) is 58.3 cm³/mol. The highest BCUT2D eigenvalue weighted by Gasteiger charge is 2.23. The van der Waals surface area contributed by atoms with Gasteiger partial charge in [-0.3, -0.25) is 5.84 Å². The van der Waals surface area contributed by atoms with Crippen LogP contribution in [0.3, 0.4) is 0 Å². The SMILES string of the molecule is NNC1N=C(N)Nc2c1cnn2CCCl. The maximum absolute atomic E-state index is 5.65. The summed E-state index contributed by atoms with van der Waals surface area (Å²) in [6, 6.07) is 0. The number of hydrogen-bond acceptors (Lipinski definition) is 6. The Bertz CT molecular complexity index is 385. The van der Waals surface area contributed by atoms with Crippen molar-refractivity contribution in [1.29, 1.82) is 0 Å². The molecule has 0 aliphatic carbocycles. The molecule has 15 heavy (non-hydrogen) atoms. The number of anilines is 1. The van der Waals surface area contributed by atoms with Gasteiger partial charge in [-0.25, -0.2) is 15.1 Å². The third-order valence-electron chi connectivity index (χ3n) is 2.13. The van der Waals surface area contributed by atoms with E-state index in [-0.39, 0.29) is 6.17 Å². The standard InChI is InChI=1S/C7H12ClN7/c8-1-2-15-6-4(3-11-15)5(14-10)12-7(9)13-6/h3,5,14H,1-2,10H2,(H3,9,12,13). The van der Waals surface area contributed by atoms with Crippen molar-refractivity contribution in [3.05, 3.63) is 11.8 Å². The van der Waals surface area contributed by atoms with Crippen LogP contribution < -0.4 is 22.3 Å². The minimum Gasteiger partial charge on any atom is -0.370 e. The van der Waals surface area contributed by atoms with Crippen LogP contribution >= 0.6 is 11.6 Å². The van der Waals surface area contributed by atoms with E-state index in [0.29, 0.717) is 18.4 Å². The fourth-order valence-electron chi connectivity index (χ4n) is 1.48. The summed E-state index contributed by atoms with van der Waals surface area (Å²) in [7, 11) is 0. The van der Waals surface area contributed by atoms with Crippen molar-refractivity contribution in [2.24, 2.45) is 16.6 Å². The number of aryl methyl sites for hydroxylation is 1. The zero-order chi connectivity index (χ0) is 10.8. The Kier molecular flexibility index (Phi) is 2.76. The number of nitrogens with zero attached hydrogens (tertiary/aromatic N) is 3. The Morgan fingerprint density at radius 2 is 2.47 bits per heavy atom. The average molecular weight is 230 g/mol. The lowest BCUT2D eigenvalue weighted by molar-refractivity contribution is 0.574. The summed E-state index contributed by atoms with van der Waals surface area (Å²) in [5, 5.41) is 7.10. The number of guanidine groups is 1. The van der Waals surface area contributed by atoms with Gasteiger partial charge in [0.25, 0.3) is 0 Å². The molecule has 1 aliphatic heterocycles. The molecule has 0 aromatic carbocycles. The van der Waals surface area contributed by atoms with Gasteiger partial charge in [-0.05, 0) is 0 Å². The van der Waals surface area contributed by atoms with Gasteiger partial charge < -0.3 is 11.1 Å². The van der Waals surface area contributed by atoms with Crippen molar-refractivity contribution in [3.8, 4) is 0 Å². The monoisotopic (exact) mass is 229 g/mol. The van der Waals surface area contributed by atoms with E-state index in [1.165, 1.54) is 0 Å². The van der Waals surface area contributed by atoms with Crippen molar-refractivity contribution in [1.82, 2.24) is 15.2 Å². The largest absolute Gasteiger partial charge is 0.370 e. The molecule has 0 spiro atoms. The Balaban J connectivity index is 2.35. The maximum Gasteiger partial charge on any atom is 0.196 e. The van der Waals surface area contributed by atoms with E-state index in [1.807, 2.05) is 0 Å². The highest BCUT2D eigenvalue weighted by Crippen LogP contribution is 2.26. The Hall–Kier alpha value is -1.31. The molecule has 2 rings (SSSR count). The summed E-state index contributed by atoms with van der Waals surface area (Å²) < 4.78 is 1.73. The van der Waals surface area contributed by atoms with Crippen LogP contribution in [-0.2, 0) is 6.54 Å². The molecule has 8 heteroatoms. The molecular weight excluding hydrogens is 218 g/mol. The summed E-state index contributed by atoms with van der Waals surface area (Å²) in [4.78, 5) is 4.08. The van der Waals surface area contributed by atoms with Gasteiger partial charge >= 0.3 is 0 Å². The molecule has 0 radical (unpaired) electrons. The minimum absolute atomic E-state index is 0.307. The first-order valence-corrected chi connectivity index (χ1v) is 4.97. The van der Waals surface area contributed by atoms with Crippen LogP contribution in [0.4, 0.5) is 5.82 Å². The normalized spacial score (nSPS) is 19.3. The van der Waals surface area contributed by atoms with Crippen LogP contribution in [0.2, 0.25) is 0 Å². The summed E-state index contributed by atoms with van der Waals surface area (Å²) in [6.07, 6.45) is 1.33. The molecule has 1 aliphatic rings. The smallest absolute Gasteiger partial charge is 0.196 e. The number of rotatable bonds is 3. The molecule has 0 fully saturated rings. The van der Waals surface area contributed by atoms with Gasteiger partial charge in [-0.2, -0.15) is 5.10 Å². The Morgan fingerprint density at radius 1 is 1.67 bits per heavy atom. The van der Waals surface area contributed by atoms with Crippen molar-refractivity contribution in [2.45, 2.75) is 12.7 Å². The fourth-order valence-corrected chi connectivity index (χ4v) is 1.64. The van der Waals surface area contributed by atoms with Gasteiger partial charge in [0.05, 0.1) is 18.3 Å². The van der Waals surface area contributed by atoms with Gasteiger partial charge in [0.2, 0.25) is 0 Å². The van der Waals surface area contributed by atoms with Gasteiger partial charge in [-0.15, -0.1) is 11.6 Å². The van der Waals surface area contributed by atoms with Crippen LogP contribution in [0.15, 0.2) is 11.2 Å². The quantitative estimate of drug-likeness (QED) is 0.312. The number of fused-ring (bicyclic) bond motifs is 1. The minimum atomic E-state index is -0.356. The number of nitrogens with two attached hydrogens (primary N) is 2. The lowest BCUT2D eigenvalue weighted by Gasteiger charge is -2.20. The van der Waals surface area contributed by atoms with E-state index < -0.39 is 0 Å². The van der Waals surface area contributed by atoms with Gasteiger partial charge in [0.1, 0.15) is 12.0 Å². The molecule has 0 bridgehead atoms. The third-order valence-corrected chi connectivity index (χ3v) is 2.30. The molecule has 1 aromatic rings. The number of aromatic nitrogens is 2. The van der Waals surface area contributed by atoms with E-state index in [4.69, 9.17) is 23.2 Å². The first-order valence-electron chi connectivity index (χ1n) is 4.44. The summed E-state index contributed by atoms with van der Waals surface area (Å²) >= 11 is 5.65. The van der Waals surface area contributed by atoms with E-state index >= 15 is 0 Å². The molecule has 2 heterocycles. The maximum atomic E-state index is 5.65. The van der Waals surface area contributed by atoms with Crippen molar-refractivity contribution in [2.75, 3.05) is 11.2 Å². The van der Waals surface area contributed by atoms with E-state index in [9.17, 15) is 0 Å². The van der Waals surface area contributed by atoms with Gasteiger partial charge in [0.15, 0.2) is 5.96 Å². The van der Waals surface area contributed by atoms with Gasteiger partial charge in [-0.1, -0.05) is 0 Å². The topological polar surface area (TPSA) is 106 Å². The Labute approximate surface area is 91.4 Å². The van der Waals surface area contributed by atoms with E-state index in [0.717, 1.165) is 11.4 Å². The molecule has 0 saturated carbocycles. The van der Waals surface area contributed by atoms with Gasteiger partial charge in [0, 0.05) is 5.88 Å². The molecule has 0 amide bonds. The summed E-state index contributed by atoms with van der Waals surface area (Å²) in [6.45, 7) is 0.606. The first-order chi connectivity index (χ1) is 7.26. The molecule has 1 atom stereocenters. The number of alkyl halides is 1. The summed E-state index contributed by atoms with van der Waals surface area (Å²) in [5.41, 5.74) is 9.02. The van der Waals surface area contributed by atoms with Crippen molar-refractivity contribution < 1.29 is 0 Å². The van der Waals surface area contributed by atoms with Crippen molar-refractivity contribution >= 4 is 23.4 Å². The third kappa shape index (κ3) is 1.76. The first kappa shape index (κ1) is 10.2. The van der Waals surface area contributed by atoms with Crippen LogP contribution in [0.25, 0.3) is 0 Å². The lowest BCUT2D eigenvalue weighted by atomic mass is 10.2. The predicted octanol–water partition coefficient (Wildman–Crippen LogP) is -0.676. The molecule has 6 N–H and O–H groups in total. The van der Waals surface area contributed by atoms with Crippen molar-refractivity contribution in [3.63, 3.8) is 0 Å². The average Bonchev–Trinajstić information content (AvgIpc) is 2.61. The van der Waals surface area contributed by atoms with Crippen LogP contribution in [0, 0.1) is 0 Å². The molecule has 82 valence electrons. The number of nitrogens with one attached hydrogen (secondary N) is 2. The highest BCUT2D eigenvalue weighted by atomic mass is 35.5. The second kappa shape index (κ2) is 4.05. The van der Waals surface area contributed by atoms with E-state index in [2.05, 4.69) is 20.8 Å². The van der Waals surface area contributed by atoms with E-state index in [1.54, 1.807) is 10.9 Å².